The van der Waals surface area contributed by atoms with Gasteiger partial charge in [-0.15, -0.1) is 0 Å². The summed E-state index contributed by atoms with van der Waals surface area (Å²) in [6.45, 7) is 7.17. The Bertz CT molecular complexity index is 1750. The van der Waals surface area contributed by atoms with Crippen LogP contribution in [0.3, 0.4) is 0 Å². The largest absolute Gasteiger partial charge is 0.472 e. The molecular weight excluding hydrogens is 1200 g/mol. The maximum atomic E-state index is 13.1. The van der Waals surface area contributed by atoms with Crippen LogP contribution in [0, 0.1) is 5.92 Å². The minimum atomic E-state index is -4.95. The van der Waals surface area contributed by atoms with Crippen molar-refractivity contribution in [3.63, 3.8) is 0 Å². The number of ether oxygens (including phenoxy) is 4. The van der Waals surface area contributed by atoms with Crippen molar-refractivity contribution in [3.05, 3.63) is 0 Å². The Morgan fingerprint density at radius 2 is 0.505 bits per heavy atom. The summed E-state index contributed by atoms with van der Waals surface area (Å²) in [6, 6.07) is 0. The molecule has 0 saturated carbocycles. The fourth-order valence-corrected chi connectivity index (χ4v) is 12.6. The summed E-state index contributed by atoms with van der Waals surface area (Å²) in [4.78, 5) is 72.2. The number of carbonyl (C=O) groups is 4. The number of hydrogen-bond donors (Lipinski definition) is 3. The van der Waals surface area contributed by atoms with Gasteiger partial charge in [-0.05, 0) is 31.6 Å². The fraction of sp³-hybridized carbons (Fsp3) is 0.944. The summed E-state index contributed by atoms with van der Waals surface area (Å²) in [5, 5.41) is 10.6. The summed E-state index contributed by atoms with van der Waals surface area (Å²) >= 11 is 0. The summed E-state index contributed by atoms with van der Waals surface area (Å²) in [6.07, 6.45) is 53.3. The van der Waals surface area contributed by atoms with Crippen molar-refractivity contribution in [2.24, 2.45) is 5.92 Å². The van der Waals surface area contributed by atoms with Gasteiger partial charge in [0.05, 0.1) is 26.4 Å². The predicted molar refractivity (Wildman–Crippen MR) is 368 cm³/mol. The van der Waals surface area contributed by atoms with Crippen molar-refractivity contribution in [2.75, 3.05) is 39.6 Å². The highest BCUT2D eigenvalue weighted by Crippen LogP contribution is 2.45. The SMILES string of the molecule is CCCCCCCCCCCCCCCCCCCCCCCC(=O)O[C@H](COC(=O)CCCCCCCCCCCCCCCC(C)C)COP(=O)(O)OC[C@@H](O)COP(=O)(O)OC[C@@H](COC(=O)CCCCCCC)OC(=O)CCCCCCCCCCC. The molecule has 0 aromatic rings. The van der Waals surface area contributed by atoms with Crippen LogP contribution in [0.15, 0.2) is 0 Å². The number of aliphatic hydroxyl groups excluding tert-OH is 1. The quantitative estimate of drug-likeness (QED) is 0.0222. The van der Waals surface area contributed by atoms with E-state index >= 15 is 0 Å². The van der Waals surface area contributed by atoms with E-state index in [9.17, 15) is 43.2 Å². The number of hydrogen-bond acceptors (Lipinski definition) is 15. The predicted octanol–water partition coefficient (Wildman–Crippen LogP) is 20.9. The molecule has 0 rings (SSSR count). The molecule has 0 bridgehead atoms. The van der Waals surface area contributed by atoms with Crippen LogP contribution in [0.4, 0.5) is 0 Å². The minimum Gasteiger partial charge on any atom is -0.462 e. The summed E-state index contributed by atoms with van der Waals surface area (Å²) < 4.78 is 68.1. The van der Waals surface area contributed by atoms with E-state index in [1.54, 1.807) is 0 Å². The molecule has 0 saturated heterocycles. The second kappa shape index (κ2) is 65.4. The monoisotopic (exact) mass is 1340 g/mol. The molecule has 0 aliphatic heterocycles. The zero-order valence-corrected chi connectivity index (χ0v) is 60.8. The molecule has 0 aromatic carbocycles. The Balaban J connectivity index is 5.10. The van der Waals surface area contributed by atoms with Crippen LogP contribution < -0.4 is 0 Å². The molecular formula is C72H140O17P2. The van der Waals surface area contributed by atoms with Gasteiger partial charge in [0.15, 0.2) is 12.2 Å². The van der Waals surface area contributed by atoms with Gasteiger partial charge in [-0.25, -0.2) is 9.13 Å². The van der Waals surface area contributed by atoms with Gasteiger partial charge in [0.1, 0.15) is 19.3 Å². The Hall–Kier alpha value is -1.94. The van der Waals surface area contributed by atoms with Crippen molar-refractivity contribution in [1.29, 1.82) is 0 Å². The summed E-state index contributed by atoms with van der Waals surface area (Å²) in [7, 11) is -9.89. The number of carbonyl (C=O) groups excluding carboxylic acids is 4. The van der Waals surface area contributed by atoms with E-state index in [1.165, 1.54) is 193 Å². The van der Waals surface area contributed by atoms with Gasteiger partial charge >= 0.3 is 39.5 Å². The maximum Gasteiger partial charge on any atom is 0.472 e. The third-order valence-electron chi connectivity index (χ3n) is 16.8. The zero-order valence-electron chi connectivity index (χ0n) is 59.0. The van der Waals surface area contributed by atoms with Gasteiger partial charge in [0.25, 0.3) is 0 Å². The van der Waals surface area contributed by atoms with E-state index in [-0.39, 0.29) is 25.7 Å². The highest BCUT2D eigenvalue weighted by Gasteiger charge is 2.30. The first-order valence-electron chi connectivity index (χ1n) is 37.6. The highest BCUT2D eigenvalue weighted by atomic mass is 31.2. The van der Waals surface area contributed by atoms with Crippen LogP contribution in [-0.2, 0) is 65.4 Å². The number of aliphatic hydroxyl groups is 1. The van der Waals surface area contributed by atoms with Crippen molar-refractivity contribution in [1.82, 2.24) is 0 Å². The third-order valence-corrected chi connectivity index (χ3v) is 18.7. The molecule has 2 unspecified atom stereocenters. The smallest absolute Gasteiger partial charge is 0.462 e. The number of esters is 4. The second-order valence-electron chi connectivity index (χ2n) is 26.5. The first-order valence-corrected chi connectivity index (χ1v) is 40.6. The van der Waals surface area contributed by atoms with E-state index in [0.29, 0.717) is 25.7 Å². The van der Waals surface area contributed by atoms with Crippen LogP contribution >= 0.6 is 15.6 Å². The topological polar surface area (TPSA) is 237 Å². The Labute approximate surface area is 556 Å². The Kier molecular flexibility index (Phi) is 64.0. The normalized spacial score (nSPS) is 14.0. The molecule has 0 amide bonds. The van der Waals surface area contributed by atoms with E-state index in [1.807, 2.05) is 0 Å². The summed E-state index contributed by atoms with van der Waals surface area (Å²) in [5.74, 6) is -1.34. The van der Waals surface area contributed by atoms with Crippen molar-refractivity contribution in [2.45, 2.75) is 393 Å². The molecule has 91 heavy (non-hydrogen) atoms. The molecule has 19 heteroatoms. The number of rotatable bonds is 72. The maximum absolute atomic E-state index is 13.1. The van der Waals surface area contributed by atoms with Crippen LogP contribution in [0.2, 0.25) is 0 Å². The molecule has 0 aliphatic carbocycles. The second-order valence-corrected chi connectivity index (χ2v) is 29.4. The molecule has 5 atom stereocenters. The number of unbranched alkanes of at least 4 members (excludes halogenated alkanes) is 44. The summed E-state index contributed by atoms with van der Waals surface area (Å²) in [5.41, 5.74) is 0. The van der Waals surface area contributed by atoms with Gasteiger partial charge in [-0.3, -0.25) is 37.3 Å². The molecule has 0 heterocycles. The van der Waals surface area contributed by atoms with E-state index < -0.39 is 97.5 Å². The Morgan fingerprint density at radius 3 is 0.747 bits per heavy atom. The van der Waals surface area contributed by atoms with Gasteiger partial charge < -0.3 is 33.8 Å². The molecule has 0 fully saturated rings. The molecule has 17 nitrogen and oxygen atoms in total. The third kappa shape index (κ3) is 66.5. The van der Waals surface area contributed by atoms with Crippen LogP contribution in [0.5, 0.6) is 0 Å². The zero-order chi connectivity index (χ0) is 67.0. The lowest BCUT2D eigenvalue weighted by Gasteiger charge is -2.21. The lowest BCUT2D eigenvalue weighted by molar-refractivity contribution is -0.161. The lowest BCUT2D eigenvalue weighted by Crippen LogP contribution is -2.30. The van der Waals surface area contributed by atoms with Gasteiger partial charge in [0, 0.05) is 25.7 Å². The highest BCUT2D eigenvalue weighted by molar-refractivity contribution is 7.47. The first-order chi connectivity index (χ1) is 44.0. The lowest BCUT2D eigenvalue weighted by atomic mass is 10.0. The molecule has 0 radical (unpaired) electrons. The first kappa shape index (κ1) is 89.1. The van der Waals surface area contributed by atoms with Gasteiger partial charge in [-0.2, -0.15) is 0 Å². The Morgan fingerprint density at radius 1 is 0.297 bits per heavy atom. The van der Waals surface area contributed by atoms with E-state index in [2.05, 4.69) is 34.6 Å². The van der Waals surface area contributed by atoms with Crippen molar-refractivity contribution in [3.8, 4) is 0 Å². The van der Waals surface area contributed by atoms with Gasteiger partial charge in [-0.1, -0.05) is 324 Å². The van der Waals surface area contributed by atoms with Crippen LogP contribution in [0.25, 0.3) is 0 Å². The standard InChI is InChI=1S/C72H140O17P2/c1-6-9-12-15-17-19-20-21-22-23-24-25-26-27-28-31-35-39-43-48-53-58-72(77)89-68(62-83-70(75)56-51-46-41-38-34-32-29-30-33-37-40-45-49-54-65(4)5)64-87-91(80,81)85-60-66(73)59-84-90(78,79)86-63-67(61-82-69(74)55-50-44-14-11-8-3)88-71(76)57-52-47-42-36-18-16-13-10-7-2/h65-68,73H,6-64H2,1-5H3,(H,78,79)(H,80,81)/t66-,67+,68+/m0/s1. The van der Waals surface area contributed by atoms with Gasteiger partial charge in [0.2, 0.25) is 0 Å². The fourth-order valence-electron chi connectivity index (χ4n) is 11.0. The van der Waals surface area contributed by atoms with Crippen molar-refractivity contribution < 1.29 is 80.2 Å². The molecule has 0 aliphatic rings. The molecule has 0 spiro atoms. The average molecular weight is 1340 g/mol. The molecule has 0 aromatic heterocycles. The van der Waals surface area contributed by atoms with E-state index in [0.717, 1.165) is 102 Å². The number of phosphoric ester groups is 2. The molecule has 540 valence electrons. The van der Waals surface area contributed by atoms with Crippen LogP contribution in [-0.4, -0.2) is 96.7 Å². The average Bonchev–Trinajstić information content (AvgIpc) is 2.71. The van der Waals surface area contributed by atoms with Crippen LogP contribution in [0.1, 0.15) is 375 Å². The van der Waals surface area contributed by atoms with E-state index in [4.69, 9.17) is 37.0 Å². The van der Waals surface area contributed by atoms with Crippen molar-refractivity contribution >= 4 is 39.5 Å². The number of phosphoric acid groups is 2. The minimum absolute atomic E-state index is 0.105. The molecule has 3 N–H and O–H groups in total.